The van der Waals surface area contributed by atoms with Gasteiger partial charge in [-0.25, -0.2) is 0 Å². The molecule has 2 fully saturated rings. The molecule has 3 rings (SSSR count). The summed E-state index contributed by atoms with van der Waals surface area (Å²) in [6.45, 7) is 3.61. The van der Waals surface area contributed by atoms with Gasteiger partial charge in [0.15, 0.2) is 0 Å². The summed E-state index contributed by atoms with van der Waals surface area (Å²) >= 11 is 0. The highest BCUT2D eigenvalue weighted by Crippen LogP contribution is 2.36. The smallest absolute Gasteiger partial charge is 0.261 e. The van der Waals surface area contributed by atoms with Gasteiger partial charge in [0.25, 0.3) is 11.5 Å². The van der Waals surface area contributed by atoms with Crippen molar-refractivity contribution in [2.45, 2.75) is 57.7 Å². The third-order valence-corrected chi connectivity index (χ3v) is 4.52. The van der Waals surface area contributed by atoms with E-state index in [9.17, 15) is 14.7 Å². The molecule has 5 heteroatoms. The maximum Gasteiger partial charge on any atom is 0.261 e. The predicted octanol–water partition coefficient (Wildman–Crippen LogP) is 1.12. The molecule has 0 spiro atoms. The molecule has 2 bridgehead atoms. The zero-order valence-corrected chi connectivity index (χ0v) is 11.8. The van der Waals surface area contributed by atoms with E-state index in [0.717, 1.165) is 24.1 Å². The van der Waals surface area contributed by atoms with Crippen LogP contribution in [0.4, 0.5) is 0 Å². The summed E-state index contributed by atoms with van der Waals surface area (Å²) in [5.41, 5.74) is 1.43. The Morgan fingerprint density at radius 3 is 2.45 bits per heavy atom. The third kappa shape index (κ3) is 2.06. The van der Waals surface area contributed by atoms with Crippen LogP contribution in [0, 0.1) is 13.8 Å². The molecule has 0 aromatic carbocycles. The molecule has 2 aliphatic rings. The fourth-order valence-electron chi connectivity index (χ4n) is 3.73. The summed E-state index contributed by atoms with van der Waals surface area (Å²) in [5, 5.41) is 9.80. The number of carbonyl (C=O) groups is 1. The van der Waals surface area contributed by atoms with Crippen LogP contribution >= 0.6 is 0 Å². The molecule has 20 heavy (non-hydrogen) atoms. The van der Waals surface area contributed by atoms with Gasteiger partial charge in [-0.3, -0.25) is 9.59 Å². The Balaban J connectivity index is 1.97. The van der Waals surface area contributed by atoms with Gasteiger partial charge in [0.05, 0.1) is 6.10 Å². The highest BCUT2D eigenvalue weighted by Gasteiger charge is 2.43. The first-order valence-electron chi connectivity index (χ1n) is 7.18. The Labute approximate surface area is 117 Å². The van der Waals surface area contributed by atoms with Crippen molar-refractivity contribution in [3.63, 3.8) is 0 Å². The second kappa shape index (κ2) is 4.74. The molecule has 1 aromatic heterocycles. The summed E-state index contributed by atoms with van der Waals surface area (Å²) in [7, 11) is 0. The van der Waals surface area contributed by atoms with Gasteiger partial charge in [-0.15, -0.1) is 0 Å². The molecule has 2 aliphatic heterocycles. The Hall–Kier alpha value is -1.62. The second-order valence-electron chi connectivity index (χ2n) is 6.06. The van der Waals surface area contributed by atoms with Gasteiger partial charge in [-0.05, 0) is 51.2 Å². The van der Waals surface area contributed by atoms with Gasteiger partial charge in [-0.1, -0.05) is 0 Å². The van der Waals surface area contributed by atoms with Crippen molar-refractivity contribution < 1.29 is 9.90 Å². The Bertz CT molecular complexity index is 594. The summed E-state index contributed by atoms with van der Waals surface area (Å²) in [6.07, 6.45) is 2.80. The molecule has 1 amide bonds. The van der Waals surface area contributed by atoms with Gasteiger partial charge in [-0.2, -0.15) is 0 Å². The first-order chi connectivity index (χ1) is 9.47. The van der Waals surface area contributed by atoms with Crippen LogP contribution in [-0.2, 0) is 0 Å². The summed E-state index contributed by atoms with van der Waals surface area (Å²) < 4.78 is 0. The molecule has 5 nitrogen and oxygen atoms in total. The van der Waals surface area contributed by atoms with Gasteiger partial charge in [0, 0.05) is 17.8 Å². The number of nitrogens with zero attached hydrogens (tertiary/aromatic N) is 1. The van der Waals surface area contributed by atoms with Gasteiger partial charge in [0.2, 0.25) is 0 Å². The first kappa shape index (κ1) is 13.4. The number of aromatic amines is 1. The van der Waals surface area contributed by atoms with E-state index in [0.29, 0.717) is 12.8 Å². The van der Waals surface area contributed by atoms with Crippen molar-refractivity contribution in [1.29, 1.82) is 0 Å². The number of aliphatic hydroxyl groups excluding tert-OH is 1. The lowest BCUT2D eigenvalue weighted by atomic mass is 9.98. The van der Waals surface area contributed by atoms with E-state index in [1.165, 1.54) is 0 Å². The highest BCUT2D eigenvalue weighted by atomic mass is 16.3. The minimum absolute atomic E-state index is 0.0800. The van der Waals surface area contributed by atoms with Crippen LogP contribution in [0.3, 0.4) is 0 Å². The average Bonchev–Trinajstić information content (AvgIpc) is 2.60. The molecule has 0 aliphatic carbocycles. The standard InChI is InChI=1S/C15H20N2O3/c1-8-5-9(2)16-14(19)13(8)15(20)17-10-3-4-11(17)7-12(18)6-10/h5,10-12,18H,3-4,6-7H2,1-2H3,(H,16,19). The van der Waals surface area contributed by atoms with E-state index in [1.54, 1.807) is 6.92 Å². The van der Waals surface area contributed by atoms with Crippen molar-refractivity contribution in [1.82, 2.24) is 9.88 Å². The van der Waals surface area contributed by atoms with Gasteiger partial charge < -0.3 is 15.0 Å². The van der Waals surface area contributed by atoms with E-state index in [4.69, 9.17) is 0 Å². The Morgan fingerprint density at radius 1 is 1.30 bits per heavy atom. The van der Waals surface area contributed by atoms with E-state index < -0.39 is 0 Å². The lowest BCUT2D eigenvalue weighted by molar-refractivity contribution is 0.0285. The van der Waals surface area contributed by atoms with Crippen molar-refractivity contribution in [2.75, 3.05) is 0 Å². The number of carbonyl (C=O) groups excluding carboxylic acids is 1. The number of aliphatic hydroxyl groups is 1. The van der Waals surface area contributed by atoms with E-state index in [2.05, 4.69) is 4.98 Å². The van der Waals surface area contributed by atoms with Gasteiger partial charge in [0.1, 0.15) is 5.56 Å². The lowest BCUT2D eigenvalue weighted by Gasteiger charge is -2.37. The second-order valence-corrected chi connectivity index (χ2v) is 6.06. The highest BCUT2D eigenvalue weighted by molar-refractivity contribution is 5.96. The maximum absolute atomic E-state index is 12.7. The van der Waals surface area contributed by atoms with Crippen LogP contribution in [0.5, 0.6) is 0 Å². The number of hydrogen-bond donors (Lipinski definition) is 2. The number of pyridine rings is 1. The molecule has 0 radical (unpaired) electrons. The molecule has 2 unspecified atom stereocenters. The van der Waals surface area contributed by atoms with E-state index in [-0.39, 0.29) is 35.2 Å². The first-order valence-corrected chi connectivity index (χ1v) is 7.18. The average molecular weight is 276 g/mol. The maximum atomic E-state index is 12.7. The molecule has 2 atom stereocenters. The zero-order chi connectivity index (χ0) is 14.4. The topological polar surface area (TPSA) is 73.4 Å². The summed E-state index contributed by atoms with van der Waals surface area (Å²) in [5.74, 6) is -0.178. The van der Waals surface area contributed by atoms with Crippen LogP contribution < -0.4 is 5.56 Å². The number of nitrogens with one attached hydrogen (secondary N) is 1. The predicted molar refractivity (Wildman–Crippen MR) is 74.8 cm³/mol. The number of amides is 1. The van der Waals surface area contributed by atoms with Crippen LogP contribution in [0.1, 0.15) is 47.3 Å². The number of aromatic nitrogens is 1. The van der Waals surface area contributed by atoms with Crippen LogP contribution in [0.15, 0.2) is 10.9 Å². The van der Waals surface area contributed by atoms with E-state index in [1.807, 2.05) is 17.9 Å². The largest absolute Gasteiger partial charge is 0.393 e. The van der Waals surface area contributed by atoms with Gasteiger partial charge >= 0.3 is 0 Å². The molecule has 2 N–H and O–H groups in total. The molecule has 1 aromatic rings. The fourth-order valence-corrected chi connectivity index (χ4v) is 3.73. The summed E-state index contributed by atoms with van der Waals surface area (Å²) in [6, 6.07) is 1.99. The number of fused-ring (bicyclic) bond motifs is 2. The number of rotatable bonds is 1. The zero-order valence-electron chi connectivity index (χ0n) is 11.8. The van der Waals surface area contributed by atoms with Crippen LogP contribution in [-0.4, -0.2) is 39.1 Å². The van der Waals surface area contributed by atoms with Crippen molar-refractivity contribution >= 4 is 5.91 Å². The van der Waals surface area contributed by atoms with E-state index >= 15 is 0 Å². The molecule has 108 valence electrons. The lowest BCUT2D eigenvalue weighted by Crippen LogP contribution is -2.49. The normalized spacial score (nSPS) is 28.8. The quantitative estimate of drug-likeness (QED) is 0.807. The third-order valence-electron chi connectivity index (χ3n) is 4.52. The molecular weight excluding hydrogens is 256 g/mol. The molecular formula is C15H20N2O3. The Morgan fingerprint density at radius 2 is 1.90 bits per heavy atom. The van der Waals surface area contributed by atoms with Crippen molar-refractivity contribution in [2.24, 2.45) is 0 Å². The van der Waals surface area contributed by atoms with Crippen LogP contribution in [0.25, 0.3) is 0 Å². The number of piperidine rings is 1. The Kier molecular flexibility index (Phi) is 3.17. The number of hydrogen-bond acceptors (Lipinski definition) is 3. The number of aryl methyl sites for hydroxylation is 2. The number of H-pyrrole nitrogens is 1. The van der Waals surface area contributed by atoms with Crippen LogP contribution in [0.2, 0.25) is 0 Å². The molecule has 0 saturated carbocycles. The minimum atomic E-state index is -0.311. The van der Waals surface area contributed by atoms with Crippen molar-refractivity contribution in [3.8, 4) is 0 Å². The minimum Gasteiger partial charge on any atom is -0.393 e. The molecule has 2 saturated heterocycles. The fraction of sp³-hybridized carbons (Fsp3) is 0.600. The molecule has 3 heterocycles. The SMILES string of the molecule is Cc1cc(C)c(C(=O)N2C3CCC2CC(O)C3)c(=O)[nH]1. The monoisotopic (exact) mass is 276 g/mol. The summed E-state index contributed by atoms with van der Waals surface area (Å²) in [4.78, 5) is 29.4. The van der Waals surface area contributed by atoms with Crippen molar-refractivity contribution in [3.05, 3.63) is 33.2 Å².